The second-order valence-electron chi connectivity index (χ2n) is 3.86. The standard InChI is InChI=1S/C9H13N3/c1-10-9-6-3-2-5-4-7(5)8(6)11-12-9/h5,7H,2-4H2,1H3,(H2,10,11,12). The van der Waals surface area contributed by atoms with Gasteiger partial charge in [-0.2, -0.15) is 5.10 Å². The van der Waals surface area contributed by atoms with Gasteiger partial charge >= 0.3 is 0 Å². The van der Waals surface area contributed by atoms with E-state index in [-0.39, 0.29) is 0 Å². The van der Waals surface area contributed by atoms with Gasteiger partial charge in [-0.15, -0.1) is 0 Å². The lowest BCUT2D eigenvalue weighted by molar-refractivity contribution is 0.661. The van der Waals surface area contributed by atoms with E-state index in [9.17, 15) is 0 Å². The Morgan fingerprint density at radius 1 is 1.58 bits per heavy atom. The van der Waals surface area contributed by atoms with Crippen LogP contribution in [-0.4, -0.2) is 17.2 Å². The number of anilines is 1. The molecular formula is C9H13N3. The molecule has 1 heterocycles. The molecule has 64 valence electrons. The zero-order valence-corrected chi connectivity index (χ0v) is 7.22. The van der Waals surface area contributed by atoms with Crippen LogP contribution in [0.1, 0.15) is 30.0 Å². The van der Waals surface area contributed by atoms with Gasteiger partial charge in [0.15, 0.2) is 5.82 Å². The molecule has 3 nitrogen and oxygen atoms in total. The van der Waals surface area contributed by atoms with E-state index >= 15 is 0 Å². The maximum Gasteiger partial charge on any atom is 0.151 e. The zero-order valence-electron chi connectivity index (χ0n) is 7.22. The number of nitrogens with one attached hydrogen (secondary N) is 2. The van der Waals surface area contributed by atoms with Crippen molar-refractivity contribution in [3.8, 4) is 0 Å². The van der Waals surface area contributed by atoms with E-state index in [1.807, 2.05) is 7.05 Å². The second-order valence-corrected chi connectivity index (χ2v) is 3.86. The highest BCUT2D eigenvalue weighted by Gasteiger charge is 2.44. The molecule has 2 N–H and O–H groups in total. The van der Waals surface area contributed by atoms with Crippen LogP contribution in [0.3, 0.4) is 0 Å². The average Bonchev–Trinajstić information content (AvgIpc) is 2.78. The number of aromatic amines is 1. The lowest BCUT2D eigenvalue weighted by atomic mass is 9.98. The van der Waals surface area contributed by atoms with E-state index in [0.717, 1.165) is 17.7 Å². The summed E-state index contributed by atoms with van der Waals surface area (Å²) in [5, 5.41) is 10.5. The van der Waals surface area contributed by atoms with Crippen molar-refractivity contribution >= 4 is 5.82 Å². The van der Waals surface area contributed by atoms with Gasteiger partial charge in [0.05, 0.1) is 0 Å². The quantitative estimate of drug-likeness (QED) is 0.658. The first-order valence-electron chi connectivity index (χ1n) is 4.65. The smallest absolute Gasteiger partial charge is 0.151 e. The summed E-state index contributed by atoms with van der Waals surface area (Å²) in [4.78, 5) is 0. The van der Waals surface area contributed by atoms with Crippen LogP contribution in [0.5, 0.6) is 0 Å². The number of nitrogens with zero attached hydrogens (tertiary/aromatic N) is 1. The number of fused-ring (bicyclic) bond motifs is 3. The molecule has 0 amide bonds. The fraction of sp³-hybridized carbons (Fsp3) is 0.667. The Kier molecular flexibility index (Phi) is 1.10. The topological polar surface area (TPSA) is 40.7 Å². The maximum atomic E-state index is 4.26. The van der Waals surface area contributed by atoms with Crippen LogP contribution >= 0.6 is 0 Å². The molecule has 1 saturated carbocycles. The lowest BCUT2D eigenvalue weighted by Gasteiger charge is -2.09. The summed E-state index contributed by atoms with van der Waals surface area (Å²) in [5.74, 6) is 2.86. The summed E-state index contributed by atoms with van der Waals surface area (Å²) in [6.07, 6.45) is 3.97. The Morgan fingerprint density at radius 2 is 2.50 bits per heavy atom. The van der Waals surface area contributed by atoms with Gasteiger partial charge in [0, 0.05) is 24.2 Å². The minimum Gasteiger partial charge on any atom is -0.371 e. The van der Waals surface area contributed by atoms with Gasteiger partial charge in [-0.3, -0.25) is 5.10 Å². The molecule has 12 heavy (non-hydrogen) atoms. The van der Waals surface area contributed by atoms with E-state index in [4.69, 9.17) is 0 Å². The van der Waals surface area contributed by atoms with Gasteiger partial charge in [-0.25, -0.2) is 0 Å². The van der Waals surface area contributed by atoms with Crippen molar-refractivity contribution in [2.75, 3.05) is 12.4 Å². The Hall–Kier alpha value is -0.990. The van der Waals surface area contributed by atoms with Crippen molar-refractivity contribution in [3.63, 3.8) is 0 Å². The van der Waals surface area contributed by atoms with Crippen molar-refractivity contribution in [2.24, 2.45) is 5.92 Å². The van der Waals surface area contributed by atoms with Crippen molar-refractivity contribution in [2.45, 2.75) is 25.2 Å². The minimum atomic E-state index is 0.823. The molecule has 1 aromatic heterocycles. The number of aromatic nitrogens is 2. The Bertz CT molecular complexity index is 316. The van der Waals surface area contributed by atoms with Gasteiger partial charge in [0.2, 0.25) is 0 Å². The highest BCUT2D eigenvalue weighted by molar-refractivity contribution is 5.50. The Balaban J connectivity index is 2.08. The Morgan fingerprint density at radius 3 is 3.33 bits per heavy atom. The fourth-order valence-corrected chi connectivity index (χ4v) is 2.40. The monoisotopic (exact) mass is 163 g/mol. The van der Waals surface area contributed by atoms with Gasteiger partial charge in [-0.1, -0.05) is 0 Å². The molecule has 2 aliphatic carbocycles. The van der Waals surface area contributed by atoms with E-state index in [1.165, 1.54) is 30.5 Å². The minimum absolute atomic E-state index is 0.823. The molecule has 0 radical (unpaired) electrons. The number of H-pyrrole nitrogens is 1. The summed E-state index contributed by atoms with van der Waals surface area (Å²) >= 11 is 0. The van der Waals surface area contributed by atoms with E-state index in [2.05, 4.69) is 15.5 Å². The van der Waals surface area contributed by atoms with Crippen LogP contribution in [0.25, 0.3) is 0 Å². The lowest BCUT2D eigenvalue weighted by Crippen LogP contribution is -2.01. The van der Waals surface area contributed by atoms with E-state index in [0.29, 0.717) is 0 Å². The third-order valence-corrected chi connectivity index (χ3v) is 3.19. The van der Waals surface area contributed by atoms with Crippen LogP contribution in [0.4, 0.5) is 5.82 Å². The molecule has 2 aliphatic rings. The molecule has 0 bridgehead atoms. The first kappa shape index (κ1) is 6.52. The van der Waals surface area contributed by atoms with Crippen LogP contribution < -0.4 is 5.32 Å². The molecule has 0 aromatic carbocycles. The molecule has 2 unspecified atom stereocenters. The number of hydrogen-bond donors (Lipinski definition) is 2. The predicted molar refractivity (Wildman–Crippen MR) is 47.3 cm³/mol. The summed E-state index contributed by atoms with van der Waals surface area (Å²) in [7, 11) is 1.94. The van der Waals surface area contributed by atoms with Gasteiger partial charge in [0.1, 0.15) is 0 Å². The first-order chi connectivity index (χ1) is 5.90. The first-order valence-corrected chi connectivity index (χ1v) is 4.65. The van der Waals surface area contributed by atoms with Gasteiger partial charge in [0.25, 0.3) is 0 Å². The number of rotatable bonds is 1. The SMILES string of the molecule is CNc1n[nH]c2c1CCC1CC21. The third kappa shape index (κ3) is 0.687. The van der Waals surface area contributed by atoms with E-state index < -0.39 is 0 Å². The van der Waals surface area contributed by atoms with Gasteiger partial charge < -0.3 is 5.32 Å². The maximum absolute atomic E-state index is 4.26. The molecule has 3 rings (SSSR count). The molecule has 2 atom stereocenters. The van der Waals surface area contributed by atoms with Gasteiger partial charge in [-0.05, 0) is 25.2 Å². The Labute approximate surface area is 71.6 Å². The molecular weight excluding hydrogens is 150 g/mol. The van der Waals surface area contributed by atoms with Crippen molar-refractivity contribution in [1.29, 1.82) is 0 Å². The van der Waals surface area contributed by atoms with Crippen molar-refractivity contribution in [1.82, 2.24) is 10.2 Å². The molecule has 0 saturated heterocycles. The molecule has 0 aliphatic heterocycles. The van der Waals surface area contributed by atoms with Crippen LogP contribution in [-0.2, 0) is 6.42 Å². The summed E-state index contributed by atoms with van der Waals surface area (Å²) in [5.41, 5.74) is 2.85. The summed E-state index contributed by atoms with van der Waals surface area (Å²) < 4.78 is 0. The predicted octanol–water partition coefficient (Wildman–Crippen LogP) is 1.50. The molecule has 3 heteroatoms. The van der Waals surface area contributed by atoms with Crippen molar-refractivity contribution in [3.05, 3.63) is 11.3 Å². The summed E-state index contributed by atoms with van der Waals surface area (Å²) in [6, 6.07) is 0. The number of hydrogen-bond acceptors (Lipinski definition) is 2. The normalized spacial score (nSPS) is 30.8. The van der Waals surface area contributed by atoms with Crippen LogP contribution in [0.15, 0.2) is 0 Å². The molecule has 1 aromatic rings. The molecule has 1 fully saturated rings. The van der Waals surface area contributed by atoms with E-state index in [1.54, 1.807) is 0 Å². The third-order valence-electron chi connectivity index (χ3n) is 3.19. The van der Waals surface area contributed by atoms with Crippen LogP contribution in [0, 0.1) is 5.92 Å². The highest BCUT2D eigenvalue weighted by atomic mass is 15.2. The summed E-state index contributed by atoms with van der Waals surface area (Å²) in [6.45, 7) is 0. The average molecular weight is 163 g/mol. The largest absolute Gasteiger partial charge is 0.371 e. The fourth-order valence-electron chi connectivity index (χ4n) is 2.40. The molecule has 0 spiro atoms. The highest BCUT2D eigenvalue weighted by Crippen LogP contribution is 2.54. The second kappa shape index (κ2) is 2.03. The zero-order chi connectivity index (χ0) is 8.13. The van der Waals surface area contributed by atoms with Crippen molar-refractivity contribution < 1.29 is 0 Å². The van der Waals surface area contributed by atoms with Crippen LogP contribution in [0.2, 0.25) is 0 Å².